The number of amides is 2. The number of morpholine rings is 1. The van der Waals surface area contributed by atoms with Gasteiger partial charge in [0, 0.05) is 23.2 Å². The monoisotopic (exact) mass is 282 g/mol. The number of halogens is 1. The van der Waals surface area contributed by atoms with Crippen molar-refractivity contribution in [3.63, 3.8) is 0 Å². The second-order valence-electron chi connectivity index (χ2n) is 4.93. The van der Waals surface area contributed by atoms with E-state index in [2.05, 4.69) is 5.32 Å². The van der Waals surface area contributed by atoms with Crippen molar-refractivity contribution in [2.75, 3.05) is 19.7 Å². The lowest BCUT2D eigenvalue weighted by Crippen LogP contribution is -2.48. The molecule has 0 aromatic heterocycles. The van der Waals surface area contributed by atoms with Crippen LogP contribution in [-0.4, -0.2) is 36.7 Å². The molecule has 0 aliphatic carbocycles. The Bertz CT molecular complexity index is 451. The number of carbonyl (C=O) groups is 1. The number of ether oxygens (including phenoxy) is 1. The highest BCUT2D eigenvalue weighted by molar-refractivity contribution is 6.31. The van der Waals surface area contributed by atoms with E-state index in [1.807, 2.05) is 38.1 Å². The van der Waals surface area contributed by atoms with Crippen LogP contribution in [0.4, 0.5) is 4.79 Å². The van der Waals surface area contributed by atoms with Gasteiger partial charge in [-0.2, -0.15) is 0 Å². The summed E-state index contributed by atoms with van der Waals surface area (Å²) in [4.78, 5) is 13.8. The van der Waals surface area contributed by atoms with E-state index in [1.165, 1.54) is 0 Å². The third kappa shape index (κ3) is 3.61. The van der Waals surface area contributed by atoms with Gasteiger partial charge in [0.2, 0.25) is 0 Å². The van der Waals surface area contributed by atoms with Crippen LogP contribution >= 0.6 is 11.6 Å². The van der Waals surface area contributed by atoms with Crippen LogP contribution in [0.25, 0.3) is 0 Å². The van der Waals surface area contributed by atoms with Gasteiger partial charge in [0.15, 0.2) is 0 Å². The lowest BCUT2D eigenvalue weighted by atomic mass is 10.1. The van der Waals surface area contributed by atoms with Crippen molar-refractivity contribution in [3.05, 3.63) is 34.9 Å². The van der Waals surface area contributed by atoms with Gasteiger partial charge in [0.25, 0.3) is 0 Å². The number of carbonyl (C=O) groups excluding carboxylic acids is 1. The summed E-state index contributed by atoms with van der Waals surface area (Å²) in [7, 11) is 0. The van der Waals surface area contributed by atoms with E-state index < -0.39 is 0 Å². The first kappa shape index (κ1) is 14.2. The van der Waals surface area contributed by atoms with Gasteiger partial charge in [-0.05, 0) is 19.9 Å². The highest BCUT2D eigenvalue weighted by Crippen LogP contribution is 2.28. The molecule has 4 nitrogen and oxygen atoms in total. The minimum absolute atomic E-state index is 0.0460. The van der Waals surface area contributed by atoms with E-state index in [9.17, 15) is 4.79 Å². The first-order chi connectivity index (χ1) is 9.08. The quantitative estimate of drug-likeness (QED) is 0.906. The molecule has 5 heteroatoms. The van der Waals surface area contributed by atoms with Gasteiger partial charge in [-0.15, -0.1) is 0 Å². The van der Waals surface area contributed by atoms with Gasteiger partial charge in [-0.1, -0.05) is 29.8 Å². The zero-order chi connectivity index (χ0) is 13.8. The van der Waals surface area contributed by atoms with Crippen LogP contribution < -0.4 is 5.32 Å². The average molecular weight is 283 g/mol. The number of nitrogens with one attached hydrogen (secondary N) is 1. The van der Waals surface area contributed by atoms with Crippen LogP contribution in [0.3, 0.4) is 0 Å². The molecule has 1 aromatic rings. The van der Waals surface area contributed by atoms with Crippen molar-refractivity contribution in [2.45, 2.75) is 26.0 Å². The van der Waals surface area contributed by atoms with E-state index in [0.29, 0.717) is 24.7 Å². The Morgan fingerprint density at radius 3 is 2.89 bits per heavy atom. The lowest BCUT2D eigenvalue weighted by Gasteiger charge is -2.34. The fourth-order valence-electron chi connectivity index (χ4n) is 2.10. The molecule has 0 bridgehead atoms. The highest BCUT2D eigenvalue weighted by Gasteiger charge is 2.26. The van der Waals surface area contributed by atoms with Crippen LogP contribution in [0, 0.1) is 0 Å². The first-order valence-electron chi connectivity index (χ1n) is 6.49. The number of urea groups is 1. The van der Waals surface area contributed by atoms with E-state index in [-0.39, 0.29) is 18.2 Å². The van der Waals surface area contributed by atoms with Crippen LogP contribution in [-0.2, 0) is 4.74 Å². The SMILES string of the molecule is CC(C)NC(=O)N1CCOC(c2ccccc2Cl)C1. The normalized spacial score (nSPS) is 19.6. The Labute approximate surface area is 118 Å². The van der Waals surface area contributed by atoms with Gasteiger partial charge in [0.1, 0.15) is 6.10 Å². The number of hydrogen-bond donors (Lipinski definition) is 1. The standard InChI is InChI=1S/C14H19ClN2O2/c1-10(2)16-14(18)17-7-8-19-13(9-17)11-5-3-4-6-12(11)15/h3-6,10,13H,7-9H2,1-2H3,(H,16,18). The van der Waals surface area contributed by atoms with Crippen LogP contribution in [0.15, 0.2) is 24.3 Å². The number of rotatable bonds is 2. The number of benzene rings is 1. The van der Waals surface area contributed by atoms with Crippen LogP contribution in [0.5, 0.6) is 0 Å². The third-order valence-corrected chi connectivity index (χ3v) is 3.36. The Kier molecular flexibility index (Phi) is 4.66. The molecule has 0 saturated carbocycles. The molecule has 0 spiro atoms. The zero-order valence-electron chi connectivity index (χ0n) is 11.2. The predicted octanol–water partition coefficient (Wildman–Crippen LogP) is 2.83. The Balaban J connectivity index is 2.05. The molecule has 1 aromatic carbocycles. The van der Waals surface area contributed by atoms with Crippen LogP contribution in [0.1, 0.15) is 25.5 Å². The summed E-state index contributed by atoms with van der Waals surface area (Å²) >= 11 is 6.17. The van der Waals surface area contributed by atoms with Gasteiger partial charge in [-0.25, -0.2) is 4.79 Å². The second kappa shape index (κ2) is 6.26. The molecule has 1 aliphatic rings. The fourth-order valence-corrected chi connectivity index (χ4v) is 2.35. The molecule has 1 unspecified atom stereocenters. The molecule has 1 N–H and O–H groups in total. The minimum Gasteiger partial charge on any atom is -0.370 e. The molecule has 1 aliphatic heterocycles. The van der Waals surface area contributed by atoms with Gasteiger partial charge in [0.05, 0.1) is 13.2 Å². The summed E-state index contributed by atoms with van der Waals surface area (Å²) in [6.45, 7) is 5.57. The largest absolute Gasteiger partial charge is 0.370 e. The molecule has 0 radical (unpaired) electrons. The molecular formula is C14H19ClN2O2. The summed E-state index contributed by atoms with van der Waals surface area (Å²) in [5, 5.41) is 3.58. The van der Waals surface area contributed by atoms with Gasteiger partial charge in [-0.3, -0.25) is 0 Å². The van der Waals surface area contributed by atoms with E-state index in [4.69, 9.17) is 16.3 Å². The predicted molar refractivity (Wildman–Crippen MR) is 75.4 cm³/mol. The van der Waals surface area contributed by atoms with Crippen molar-refractivity contribution in [1.29, 1.82) is 0 Å². The molecule has 1 atom stereocenters. The molecule has 2 rings (SSSR count). The molecule has 1 heterocycles. The van der Waals surface area contributed by atoms with Crippen LogP contribution in [0.2, 0.25) is 5.02 Å². The Morgan fingerprint density at radius 2 is 2.21 bits per heavy atom. The lowest BCUT2D eigenvalue weighted by molar-refractivity contribution is -0.0156. The van der Waals surface area contributed by atoms with Crippen molar-refractivity contribution in [2.24, 2.45) is 0 Å². The zero-order valence-corrected chi connectivity index (χ0v) is 12.0. The molecule has 19 heavy (non-hydrogen) atoms. The number of nitrogens with zero attached hydrogens (tertiary/aromatic N) is 1. The molecule has 104 valence electrons. The Hall–Kier alpha value is -1.26. The summed E-state index contributed by atoms with van der Waals surface area (Å²) < 4.78 is 5.72. The second-order valence-corrected chi connectivity index (χ2v) is 5.34. The van der Waals surface area contributed by atoms with Gasteiger partial charge >= 0.3 is 6.03 Å². The maximum atomic E-state index is 12.0. The van der Waals surface area contributed by atoms with Crippen molar-refractivity contribution in [3.8, 4) is 0 Å². The Morgan fingerprint density at radius 1 is 1.47 bits per heavy atom. The molecule has 1 saturated heterocycles. The van der Waals surface area contributed by atoms with Crippen molar-refractivity contribution < 1.29 is 9.53 Å². The van der Waals surface area contributed by atoms with E-state index in [1.54, 1.807) is 4.90 Å². The van der Waals surface area contributed by atoms with Crippen molar-refractivity contribution in [1.82, 2.24) is 10.2 Å². The average Bonchev–Trinajstić information content (AvgIpc) is 2.38. The van der Waals surface area contributed by atoms with E-state index in [0.717, 1.165) is 5.56 Å². The van der Waals surface area contributed by atoms with Crippen molar-refractivity contribution >= 4 is 17.6 Å². The molecule has 1 fully saturated rings. The maximum Gasteiger partial charge on any atom is 0.317 e. The fraction of sp³-hybridized carbons (Fsp3) is 0.500. The summed E-state index contributed by atoms with van der Waals surface area (Å²) in [5.41, 5.74) is 0.936. The molecule has 2 amide bonds. The maximum absolute atomic E-state index is 12.0. The third-order valence-electron chi connectivity index (χ3n) is 3.02. The smallest absolute Gasteiger partial charge is 0.317 e. The summed E-state index contributed by atoms with van der Waals surface area (Å²) in [6.07, 6.45) is -0.152. The topological polar surface area (TPSA) is 41.6 Å². The van der Waals surface area contributed by atoms with Gasteiger partial charge < -0.3 is 15.0 Å². The molecular weight excluding hydrogens is 264 g/mol. The summed E-state index contributed by atoms with van der Waals surface area (Å²) in [6, 6.07) is 7.68. The highest BCUT2D eigenvalue weighted by atomic mass is 35.5. The first-order valence-corrected chi connectivity index (χ1v) is 6.87. The number of hydrogen-bond acceptors (Lipinski definition) is 2. The minimum atomic E-state index is -0.152. The summed E-state index contributed by atoms with van der Waals surface area (Å²) in [5.74, 6) is 0. The van der Waals surface area contributed by atoms with E-state index >= 15 is 0 Å².